The molecule has 1 saturated heterocycles. The molecule has 2 aromatic carbocycles. The third-order valence-corrected chi connectivity index (χ3v) is 5.66. The molecule has 0 saturated carbocycles. The molecule has 0 aromatic heterocycles. The molecule has 2 aliphatic heterocycles. The van der Waals surface area contributed by atoms with E-state index in [0.29, 0.717) is 22.0 Å². The number of ketones is 1. The lowest BCUT2D eigenvalue weighted by molar-refractivity contribution is -0.122. The molecule has 2 atom stereocenters. The number of Topliss-reactive ketones (excluding diaryl/α,β-unsaturated/α-hetero) is 1. The number of fused-ring (bicyclic) bond motifs is 1. The first-order chi connectivity index (χ1) is 13.3. The van der Waals surface area contributed by atoms with Crippen LogP contribution in [-0.2, 0) is 14.4 Å². The lowest BCUT2D eigenvalue weighted by atomic mass is 9.95. The summed E-state index contributed by atoms with van der Waals surface area (Å²) in [7, 11) is 0. The molecule has 0 spiro atoms. The lowest BCUT2D eigenvalue weighted by Crippen LogP contribution is -2.39. The van der Waals surface area contributed by atoms with E-state index in [-0.39, 0.29) is 11.5 Å². The molecule has 2 heterocycles. The molecular weight excluding hydrogens is 378 g/mol. The minimum atomic E-state index is -0.928. The molecular formula is C21H18ClN3O3. The Morgan fingerprint density at radius 1 is 1.00 bits per heavy atom. The molecule has 7 heteroatoms. The van der Waals surface area contributed by atoms with Gasteiger partial charge in [0.2, 0.25) is 5.91 Å². The Labute approximate surface area is 167 Å². The molecule has 0 aliphatic carbocycles. The maximum absolute atomic E-state index is 13.4. The smallest absolute Gasteiger partial charge is 0.259 e. The summed E-state index contributed by atoms with van der Waals surface area (Å²) in [4.78, 5) is 39.9. The molecule has 1 fully saturated rings. The van der Waals surface area contributed by atoms with Crippen molar-refractivity contribution in [3.63, 3.8) is 0 Å². The first-order valence-corrected chi connectivity index (χ1v) is 9.28. The number of anilines is 2. The van der Waals surface area contributed by atoms with Crippen LogP contribution in [0.1, 0.15) is 18.1 Å². The highest BCUT2D eigenvalue weighted by molar-refractivity contribution is 6.49. The average Bonchev–Trinajstić information content (AvgIpc) is 3.16. The van der Waals surface area contributed by atoms with Gasteiger partial charge < -0.3 is 0 Å². The second-order valence-corrected chi connectivity index (χ2v) is 7.40. The van der Waals surface area contributed by atoms with Crippen LogP contribution in [0.2, 0.25) is 5.02 Å². The monoisotopic (exact) mass is 395 g/mol. The van der Waals surface area contributed by atoms with E-state index >= 15 is 0 Å². The number of amides is 2. The van der Waals surface area contributed by atoms with Crippen LogP contribution < -0.4 is 9.91 Å². The Balaban J connectivity index is 1.86. The summed E-state index contributed by atoms with van der Waals surface area (Å²) in [6.07, 6.45) is 0. The van der Waals surface area contributed by atoms with Gasteiger partial charge in [-0.25, -0.2) is 4.90 Å². The van der Waals surface area contributed by atoms with Crippen molar-refractivity contribution in [2.24, 2.45) is 11.0 Å². The normalized spacial score (nSPS) is 21.2. The zero-order valence-corrected chi connectivity index (χ0v) is 16.4. The van der Waals surface area contributed by atoms with Crippen molar-refractivity contribution in [3.05, 3.63) is 58.6 Å². The number of hydrogen-bond donors (Lipinski definition) is 0. The number of halogens is 1. The number of benzene rings is 2. The van der Waals surface area contributed by atoms with E-state index in [1.165, 1.54) is 11.9 Å². The zero-order valence-electron chi connectivity index (χ0n) is 15.6. The maximum Gasteiger partial charge on any atom is 0.259 e. The van der Waals surface area contributed by atoms with Crippen LogP contribution in [0.25, 0.3) is 0 Å². The van der Waals surface area contributed by atoms with Gasteiger partial charge in [-0.1, -0.05) is 35.9 Å². The van der Waals surface area contributed by atoms with Crippen LogP contribution in [0.4, 0.5) is 11.4 Å². The second kappa shape index (κ2) is 6.56. The van der Waals surface area contributed by atoms with Gasteiger partial charge in [0.15, 0.2) is 5.78 Å². The molecule has 4 rings (SSSR count). The molecule has 28 heavy (non-hydrogen) atoms. The van der Waals surface area contributed by atoms with Gasteiger partial charge in [0.05, 0.1) is 11.4 Å². The van der Waals surface area contributed by atoms with Gasteiger partial charge in [0.1, 0.15) is 17.7 Å². The fraction of sp³-hybridized carbons (Fsp3) is 0.238. The lowest BCUT2D eigenvalue weighted by Gasteiger charge is -2.24. The Bertz CT molecular complexity index is 1060. The van der Waals surface area contributed by atoms with Gasteiger partial charge in [-0.15, -0.1) is 0 Å². The van der Waals surface area contributed by atoms with Crippen molar-refractivity contribution >= 4 is 46.3 Å². The minimum Gasteiger partial charge on any atom is -0.293 e. The summed E-state index contributed by atoms with van der Waals surface area (Å²) in [5, 5.41) is 6.35. The molecule has 0 N–H and O–H groups in total. The van der Waals surface area contributed by atoms with Crippen LogP contribution in [0.3, 0.4) is 0 Å². The van der Waals surface area contributed by atoms with E-state index in [1.54, 1.807) is 25.1 Å². The molecule has 2 aromatic rings. The number of imide groups is 1. The third kappa shape index (κ3) is 2.56. The van der Waals surface area contributed by atoms with Gasteiger partial charge in [0, 0.05) is 11.9 Å². The van der Waals surface area contributed by atoms with E-state index in [0.717, 1.165) is 10.5 Å². The van der Waals surface area contributed by atoms with Crippen LogP contribution in [0.5, 0.6) is 0 Å². The summed E-state index contributed by atoms with van der Waals surface area (Å²) in [5.74, 6) is -2.12. The van der Waals surface area contributed by atoms with Crippen molar-refractivity contribution in [1.29, 1.82) is 0 Å². The van der Waals surface area contributed by atoms with Crippen molar-refractivity contribution in [2.45, 2.75) is 26.8 Å². The number of rotatable bonds is 3. The predicted molar refractivity (Wildman–Crippen MR) is 108 cm³/mol. The summed E-state index contributed by atoms with van der Waals surface area (Å²) in [6.45, 7) is 5.01. The molecule has 0 bridgehead atoms. The number of aryl methyl sites for hydroxylation is 1. The zero-order chi connectivity index (χ0) is 20.2. The van der Waals surface area contributed by atoms with Crippen LogP contribution in [-0.4, -0.2) is 29.4 Å². The van der Waals surface area contributed by atoms with Crippen LogP contribution >= 0.6 is 11.6 Å². The number of carbonyl (C=O) groups excluding carboxylic acids is 3. The first kappa shape index (κ1) is 18.4. The molecule has 6 nitrogen and oxygen atoms in total. The number of hydrogen-bond acceptors (Lipinski definition) is 5. The summed E-state index contributed by atoms with van der Waals surface area (Å²) < 4.78 is 0. The fourth-order valence-electron chi connectivity index (χ4n) is 3.80. The van der Waals surface area contributed by atoms with Crippen molar-refractivity contribution < 1.29 is 14.4 Å². The Morgan fingerprint density at radius 3 is 2.36 bits per heavy atom. The highest BCUT2D eigenvalue weighted by Crippen LogP contribution is 2.40. The highest BCUT2D eigenvalue weighted by atomic mass is 35.5. The van der Waals surface area contributed by atoms with Gasteiger partial charge >= 0.3 is 0 Å². The minimum absolute atomic E-state index is 0.105. The number of carbonyl (C=O) groups is 3. The summed E-state index contributed by atoms with van der Waals surface area (Å²) in [6, 6.07) is 11.6. The summed E-state index contributed by atoms with van der Waals surface area (Å²) >= 11 is 6.20. The van der Waals surface area contributed by atoms with E-state index in [4.69, 9.17) is 11.6 Å². The molecule has 0 radical (unpaired) electrons. The molecule has 2 amide bonds. The van der Waals surface area contributed by atoms with E-state index in [2.05, 4.69) is 5.10 Å². The average molecular weight is 396 g/mol. The Hall–Kier alpha value is -2.99. The Morgan fingerprint density at radius 2 is 1.68 bits per heavy atom. The molecule has 2 aliphatic rings. The maximum atomic E-state index is 13.4. The topological polar surface area (TPSA) is 70.1 Å². The van der Waals surface area contributed by atoms with Crippen molar-refractivity contribution in [3.8, 4) is 0 Å². The fourth-order valence-corrected chi connectivity index (χ4v) is 3.97. The first-order valence-electron chi connectivity index (χ1n) is 8.90. The standard InChI is InChI=1S/C21H18ClN3O3/c1-11-7-4-5-9-15(11)25-19-17(18(23-25)13(3)26)20(27)24(21(19)28)16-10-6-8-14(22)12(16)2/h4-10,17,19H,1-3H3/t17-,19+/m0/s1. The second-order valence-electron chi connectivity index (χ2n) is 6.99. The van der Waals surface area contributed by atoms with Gasteiger partial charge in [0.25, 0.3) is 5.91 Å². The van der Waals surface area contributed by atoms with Crippen molar-refractivity contribution in [1.82, 2.24) is 0 Å². The summed E-state index contributed by atoms with van der Waals surface area (Å²) in [5.41, 5.74) is 2.76. The van der Waals surface area contributed by atoms with Gasteiger partial charge in [-0.2, -0.15) is 5.10 Å². The van der Waals surface area contributed by atoms with Crippen LogP contribution in [0.15, 0.2) is 47.6 Å². The number of hydrazone groups is 1. The molecule has 0 unspecified atom stereocenters. The van der Waals surface area contributed by atoms with Gasteiger partial charge in [-0.05, 0) is 43.2 Å². The Kier molecular flexibility index (Phi) is 4.31. The predicted octanol–water partition coefficient (Wildman–Crippen LogP) is 3.28. The number of para-hydroxylation sites is 1. The molecule has 142 valence electrons. The third-order valence-electron chi connectivity index (χ3n) is 5.25. The quantitative estimate of drug-likeness (QED) is 0.748. The number of nitrogens with zero attached hydrogens (tertiary/aromatic N) is 3. The van der Waals surface area contributed by atoms with E-state index < -0.39 is 23.8 Å². The van der Waals surface area contributed by atoms with E-state index in [1.807, 2.05) is 31.2 Å². The van der Waals surface area contributed by atoms with E-state index in [9.17, 15) is 14.4 Å². The highest BCUT2D eigenvalue weighted by Gasteiger charge is 2.58. The largest absolute Gasteiger partial charge is 0.293 e. The van der Waals surface area contributed by atoms with Crippen molar-refractivity contribution in [2.75, 3.05) is 9.91 Å². The van der Waals surface area contributed by atoms with Gasteiger partial charge in [-0.3, -0.25) is 19.4 Å². The SMILES string of the molecule is CC(=O)C1=NN(c2ccccc2C)[C@H]2C(=O)N(c3cccc(Cl)c3C)C(=O)[C@@H]12. The van der Waals surface area contributed by atoms with Crippen LogP contribution in [0, 0.1) is 19.8 Å².